The van der Waals surface area contributed by atoms with E-state index in [9.17, 15) is 4.79 Å². The van der Waals surface area contributed by atoms with Crippen molar-refractivity contribution in [2.24, 2.45) is 0 Å². The Labute approximate surface area is 101 Å². The predicted molar refractivity (Wildman–Crippen MR) is 67.1 cm³/mol. The van der Waals surface area contributed by atoms with E-state index in [4.69, 9.17) is 0 Å². The Morgan fingerprint density at radius 3 is 2.76 bits per heavy atom. The summed E-state index contributed by atoms with van der Waals surface area (Å²) in [4.78, 5) is 12.1. The van der Waals surface area contributed by atoms with E-state index in [1.807, 2.05) is 38.1 Å². The molecule has 0 aliphatic rings. The van der Waals surface area contributed by atoms with Crippen molar-refractivity contribution >= 4 is 5.78 Å². The van der Waals surface area contributed by atoms with E-state index in [2.05, 4.69) is 5.10 Å². The van der Waals surface area contributed by atoms with Crippen LogP contribution in [0, 0.1) is 6.92 Å². The average molecular weight is 228 g/mol. The molecule has 0 saturated carbocycles. The molecule has 0 spiro atoms. The Morgan fingerprint density at radius 2 is 2.06 bits per heavy atom. The second kappa shape index (κ2) is 4.95. The van der Waals surface area contributed by atoms with Gasteiger partial charge in [0.15, 0.2) is 5.78 Å². The fourth-order valence-corrected chi connectivity index (χ4v) is 1.89. The standard InChI is InChI=1S/C14H16N2O/c1-3-16-13(8-9-15-16)14(17)10-12-7-5-4-6-11(12)2/h4-9H,3,10H2,1-2H3. The lowest BCUT2D eigenvalue weighted by Gasteiger charge is -2.06. The Hall–Kier alpha value is -1.90. The third kappa shape index (κ3) is 2.44. The van der Waals surface area contributed by atoms with Gasteiger partial charge in [-0.1, -0.05) is 24.3 Å². The first-order valence-electron chi connectivity index (χ1n) is 5.82. The Bertz CT molecular complexity index is 529. The molecule has 0 unspecified atom stereocenters. The lowest BCUT2D eigenvalue weighted by molar-refractivity contribution is 0.0982. The van der Waals surface area contributed by atoms with E-state index in [1.165, 1.54) is 0 Å². The number of Topliss-reactive ketones (excluding diaryl/α,β-unsaturated/α-hetero) is 1. The van der Waals surface area contributed by atoms with Gasteiger partial charge >= 0.3 is 0 Å². The monoisotopic (exact) mass is 228 g/mol. The van der Waals surface area contributed by atoms with Gasteiger partial charge < -0.3 is 0 Å². The summed E-state index contributed by atoms with van der Waals surface area (Å²) in [6.45, 7) is 4.74. The van der Waals surface area contributed by atoms with Gasteiger partial charge in [0.05, 0.1) is 0 Å². The molecule has 0 bridgehead atoms. The third-order valence-electron chi connectivity index (χ3n) is 2.91. The first kappa shape index (κ1) is 11.6. The van der Waals surface area contributed by atoms with Gasteiger partial charge in [-0.25, -0.2) is 0 Å². The first-order valence-corrected chi connectivity index (χ1v) is 5.82. The van der Waals surface area contributed by atoms with Crippen LogP contribution in [0.25, 0.3) is 0 Å². The smallest absolute Gasteiger partial charge is 0.185 e. The number of hydrogen-bond acceptors (Lipinski definition) is 2. The molecule has 0 aliphatic heterocycles. The van der Waals surface area contributed by atoms with Crippen molar-refractivity contribution in [2.45, 2.75) is 26.8 Å². The van der Waals surface area contributed by atoms with Crippen molar-refractivity contribution in [1.82, 2.24) is 9.78 Å². The van der Waals surface area contributed by atoms with Crippen molar-refractivity contribution in [3.63, 3.8) is 0 Å². The Morgan fingerprint density at radius 1 is 1.29 bits per heavy atom. The van der Waals surface area contributed by atoms with Crippen LogP contribution in [0.3, 0.4) is 0 Å². The van der Waals surface area contributed by atoms with Crippen LogP contribution in [0.2, 0.25) is 0 Å². The lowest BCUT2D eigenvalue weighted by Crippen LogP contribution is -2.12. The summed E-state index contributed by atoms with van der Waals surface area (Å²) < 4.78 is 1.74. The molecule has 1 aromatic heterocycles. The van der Waals surface area contributed by atoms with E-state index in [1.54, 1.807) is 16.9 Å². The van der Waals surface area contributed by atoms with Crippen LogP contribution >= 0.6 is 0 Å². The zero-order chi connectivity index (χ0) is 12.3. The normalized spacial score (nSPS) is 10.5. The molecule has 0 amide bonds. The minimum absolute atomic E-state index is 0.124. The van der Waals surface area contributed by atoms with Crippen molar-refractivity contribution in [3.8, 4) is 0 Å². The van der Waals surface area contributed by atoms with Gasteiger partial charge in [-0.2, -0.15) is 5.10 Å². The second-order valence-electron chi connectivity index (χ2n) is 4.06. The van der Waals surface area contributed by atoms with E-state index in [0.717, 1.165) is 17.7 Å². The maximum Gasteiger partial charge on any atom is 0.185 e. The van der Waals surface area contributed by atoms with E-state index < -0.39 is 0 Å². The van der Waals surface area contributed by atoms with Gasteiger partial charge in [-0.3, -0.25) is 9.48 Å². The van der Waals surface area contributed by atoms with Crippen molar-refractivity contribution in [2.75, 3.05) is 0 Å². The predicted octanol–water partition coefficient (Wildman–Crippen LogP) is 2.64. The highest BCUT2D eigenvalue weighted by Crippen LogP contribution is 2.11. The fourth-order valence-electron chi connectivity index (χ4n) is 1.89. The molecule has 17 heavy (non-hydrogen) atoms. The van der Waals surface area contributed by atoms with Crippen LogP contribution in [-0.4, -0.2) is 15.6 Å². The van der Waals surface area contributed by atoms with Crippen LogP contribution in [0.1, 0.15) is 28.5 Å². The molecule has 0 radical (unpaired) electrons. The number of rotatable bonds is 4. The van der Waals surface area contributed by atoms with E-state index in [0.29, 0.717) is 12.1 Å². The van der Waals surface area contributed by atoms with Gasteiger partial charge in [0, 0.05) is 19.2 Å². The van der Waals surface area contributed by atoms with Crippen LogP contribution < -0.4 is 0 Å². The molecule has 0 atom stereocenters. The number of carbonyl (C=O) groups excluding carboxylic acids is 1. The molecule has 0 N–H and O–H groups in total. The summed E-state index contributed by atoms with van der Waals surface area (Å²) in [6.07, 6.45) is 2.12. The summed E-state index contributed by atoms with van der Waals surface area (Å²) in [6, 6.07) is 9.76. The summed E-state index contributed by atoms with van der Waals surface area (Å²) in [5.74, 6) is 0.124. The van der Waals surface area contributed by atoms with Gasteiger partial charge in [0.1, 0.15) is 5.69 Å². The third-order valence-corrected chi connectivity index (χ3v) is 2.91. The highest BCUT2D eigenvalue weighted by atomic mass is 16.1. The molecular weight excluding hydrogens is 212 g/mol. The number of ketones is 1. The van der Waals surface area contributed by atoms with Crippen molar-refractivity contribution < 1.29 is 4.79 Å². The van der Waals surface area contributed by atoms with Gasteiger partial charge in [0.25, 0.3) is 0 Å². The number of nitrogens with zero attached hydrogens (tertiary/aromatic N) is 2. The minimum Gasteiger partial charge on any atom is -0.292 e. The van der Waals surface area contributed by atoms with Crippen molar-refractivity contribution in [1.29, 1.82) is 0 Å². The summed E-state index contributed by atoms with van der Waals surface area (Å²) >= 11 is 0. The van der Waals surface area contributed by atoms with Crippen LogP contribution in [0.15, 0.2) is 36.5 Å². The average Bonchev–Trinajstić information content (AvgIpc) is 2.80. The van der Waals surface area contributed by atoms with Gasteiger partial charge in [0.2, 0.25) is 0 Å². The highest BCUT2D eigenvalue weighted by Gasteiger charge is 2.12. The van der Waals surface area contributed by atoms with Gasteiger partial charge in [-0.15, -0.1) is 0 Å². The molecule has 88 valence electrons. The zero-order valence-corrected chi connectivity index (χ0v) is 10.2. The summed E-state index contributed by atoms with van der Waals surface area (Å²) in [5.41, 5.74) is 2.93. The number of carbonyl (C=O) groups is 1. The number of aromatic nitrogens is 2. The largest absolute Gasteiger partial charge is 0.292 e. The SMILES string of the molecule is CCn1nccc1C(=O)Cc1ccccc1C. The molecule has 3 nitrogen and oxygen atoms in total. The second-order valence-corrected chi connectivity index (χ2v) is 4.06. The lowest BCUT2D eigenvalue weighted by atomic mass is 10.0. The first-order chi connectivity index (χ1) is 8.22. The van der Waals surface area contributed by atoms with E-state index >= 15 is 0 Å². The highest BCUT2D eigenvalue weighted by molar-refractivity contribution is 5.96. The maximum absolute atomic E-state index is 12.1. The van der Waals surface area contributed by atoms with Crippen LogP contribution in [0.5, 0.6) is 0 Å². The minimum atomic E-state index is 0.124. The Balaban J connectivity index is 2.20. The molecule has 1 aromatic carbocycles. The van der Waals surface area contributed by atoms with Crippen molar-refractivity contribution in [3.05, 3.63) is 53.3 Å². The fraction of sp³-hybridized carbons (Fsp3) is 0.286. The van der Waals surface area contributed by atoms with Crippen LogP contribution in [-0.2, 0) is 13.0 Å². The van der Waals surface area contributed by atoms with E-state index in [-0.39, 0.29) is 5.78 Å². The maximum atomic E-state index is 12.1. The Kier molecular flexibility index (Phi) is 3.38. The molecule has 3 heteroatoms. The quantitative estimate of drug-likeness (QED) is 0.754. The number of benzene rings is 1. The molecule has 0 fully saturated rings. The molecule has 0 saturated heterocycles. The topological polar surface area (TPSA) is 34.9 Å². The summed E-state index contributed by atoms with van der Waals surface area (Å²) in [5, 5.41) is 4.12. The van der Waals surface area contributed by atoms with Crippen LogP contribution in [0.4, 0.5) is 0 Å². The molecule has 2 rings (SSSR count). The zero-order valence-electron chi connectivity index (χ0n) is 10.2. The summed E-state index contributed by atoms with van der Waals surface area (Å²) in [7, 11) is 0. The molecule has 1 heterocycles. The molecular formula is C14H16N2O. The number of hydrogen-bond donors (Lipinski definition) is 0. The molecule has 2 aromatic rings. The molecule has 0 aliphatic carbocycles. The number of aryl methyl sites for hydroxylation is 2. The van der Waals surface area contributed by atoms with Gasteiger partial charge in [-0.05, 0) is 31.0 Å².